The molecule has 12 nitrogen and oxygen atoms in total. The van der Waals surface area contributed by atoms with Crippen molar-refractivity contribution >= 4 is 17.5 Å². The molecular weight excluding hydrogens is 558 g/mol. The number of H-pyrrole nitrogens is 1. The van der Waals surface area contributed by atoms with E-state index >= 15 is 0 Å². The molecule has 0 amide bonds. The fourth-order valence-electron chi connectivity index (χ4n) is 5.57. The molecule has 5 aromatic rings. The SMILES string of the molecule is COc1cc(Cc2cnc(N)nc2N)cc(C(=O)/C=C/N2CCc3ccccc3C2c2ccc(-c3nn[nH]n3)cc2)c1OC. The molecule has 0 fully saturated rings. The Kier molecular flexibility index (Phi) is 7.87. The third-order valence-corrected chi connectivity index (χ3v) is 7.68. The van der Waals surface area contributed by atoms with Gasteiger partial charge in [0, 0.05) is 42.6 Å². The summed E-state index contributed by atoms with van der Waals surface area (Å²) in [5.41, 5.74) is 18.0. The van der Waals surface area contributed by atoms with Gasteiger partial charge < -0.3 is 25.8 Å². The van der Waals surface area contributed by atoms with Crippen molar-refractivity contribution in [1.82, 2.24) is 35.5 Å². The lowest BCUT2D eigenvalue weighted by Gasteiger charge is -2.37. The normalized spacial score (nSPS) is 14.4. The van der Waals surface area contributed by atoms with E-state index in [4.69, 9.17) is 20.9 Å². The van der Waals surface area contributed by atoms with Gasteiger partial charge in [-0.05, 0) is 46.0 Å². The number of allylic oxidation sites excluding steroid dienone is 1. The summed E-state index contributed by atoms with van der Waals surface area (Å²) in [6.45, 7) is 0.731. The monoisotopic (exact) mass is 589 g/mol. The highest BCUT2D eigenvalue weighted by Crippen LogP contribution is 2.37. The maximum Gasteiger partial charge on any atom is 0.221 e. The lowest BCUT2D eigenvalue weighted by molar-refractivity contribution is 0.104. The van der Waals surface area contributed by atoms with Gasteiger partial charge in [-0.1, -0.05) is 48.5 Å². The summed E-state index contributed by atoms with van der Waals surface area (Å²) in [5.74, 6) is 1.46. The second kappa shape index (κ2) is 12.2. The van der Waals surface area contributed by atoms with Crippen LogP contribution in [-0.2, 0) is 12.8 Å². The number of nitrogen functional groups attached to an aromatic ring is 2. The molecule has 1 aliphatic rings. The van der Waals surface area contributed by atoms with Gasteiger partial charge in [-0.3, -0.25) is 4.79 Å². The molecule has 6 rings (SSSR count). The Morgan fingerprint density at radius 1 is 1.09 bits per heavy atom. The van der Waals surface area contributed by atoms with Gasteiger partial charge in [-0.15, -0.1) is 10.2 Å². The second-order valence-electron chi connectivity index (χ2n) is 10.3. The smallest absolute Gasteiger partial charge is 0.221 e. The number of fused-ring (bicyclic) bond motifs is 1. The first kappa shape index (κ1) is 28.3. The van der Waals surface area contributed by atoms with Crippen molar-refractivity contribution in [2.24, 2.45) is 0 Å². The Bertz CT molecular complexity index is 1820. The number of nitrogens with two attached hydrogens (primary N) is 2. The quantitative estimate of drug-likeness (QED) is 0.169. The zero-order valence-corrected chi connectivity index (χ0v) is 24.3. The number of nitrogens with one attached hydrogen (secondary N) is 1. The Labute approximate surface area is 253 Å². The molecule has 12 heteroatoms. The van der Waals surface area contributed by atoms with E-state index in [1.165, 1.54) is 25.3 Å². The molecule has 0 saturated carbocycles. The summed E-state index contributed by atoms with van der Waals surface area (Å²) in [4.78, 5) is 24.1. The number of aromatic nitrogens is 6. The number of hydrogen-bond acceptors (Lipinski definition) is 11. The second-order valence-corrected chi connectivity index (χ2v) is 10.3. The molecule has 1 atom stereocenters. The van der Waals surface area contributed by atoms with Crippen molar-refractivity contribution in [3.63, 3.8) is 0 Å². The van der Waals surface area contributed by atoms with Crippen molar-refractivity contribution in [2.75, 3.05) is 32.2 Å². The number of methoxy groups -OCH3 is 2. The first-order valence-electron chi connectivity index (χ1n) is 14.0. The molecule has 5 N–H and O–H groups in total. The van der Waals surface area contributed by atoms with Crippen LogP contribution in [0.15, 0.2) is 79.1 Å². The van der Waals surface area contributed by atoms with Crippen molar-refractivity contribution in [2.45, 2.75) is 18.9 Å². The average molecular weight is 590 g/mol. The number of aromatic amines is 1. The molecule has 222 valence electrons. The Morgan fingerprint density at radius 3 is 2.64 bits per heavy atom. The number of hydrogen-bond donors (Lipinski definition) is 3. The topological polar surface area (TPSA) is 171 Å². The maximum atomic E-state index is 13.8. The fraction of sp³-hybridized carbons (Fsp3) is 0.188. The van der Waals surface area contributed by atoms with Crippen molar-refractivity contribution in [3.05, 3.63) is 113 Å². The summed E-state index contributed by atoms with van der Waals surface area (Å²) in [6.07, 6.45) is 6.25. The third kappa shape index (κ3) is 5.64. The van der Waals surface area contributed by atoms with Gasteiger partial charge in [0.05, 0.1) is 25.8 Å². The lowest BCUT2D eigenvalue weighted by Crippen LogP contribution is -2.32. The molecule has 0 spiro atoms. The number of benzene rings is 3. The maximum absolute atomic E-state index is 13.8. The van der Waals surface area contributed by atoms with Gasteiger partial charge in [-0.2, -0.15) is 10.2 Å². The van der Waals surface area contributed by atoms with Crippen molar-refractivity contribution < 1.29 is 14.3 Å². The molecular formula is C32H31N9O3. The summed E-state index contributed by atoms with van der Waals surface area (Å²) in [6, 6.07) is 20.0. The Morgan fingerprint density at radius 2 is 1.91 bits per heavy atom. The molecule has 1 aliphatic heterocycles. The van der Waals surface area contributed by atoms with Crippen LogP contribution in [0, 0.1) is 0 Å². The van der Waals surface area contributed by atoms with Gasteiger partial charge >= 0.3 is 0 Å². The van der Waals surface area contributed by atoms with Crippen LogP contribution in [0.3, 0.4) is 0 Å². The van der Waals surface area contributed by atoms with Crippen LogP contribution >= 0.6 is 0 Å². The van der Waals surface area contributed by atoms with E-state index in [0.717, 1.165) is 29.7 Å². The minimum Gasteiger partial charge on any atom is -0.493 e. The van der Waals surface area contributed by atoms with Crippen LogP contribution in [-0.4, -0.2) is 62.0 Å². The first-order valence-corrected chi connectivity index (χ1v) is 14.0. The van der Waals surface area contributed by atoms with E-state index in [2.05, 4.69) is 65.8 Å². The van der Waals surface area contributed by atoms with Crippen molar-refractivity contribution in [3.8, 4) is 22.9 Å². The molecule has 44 heavy (non-hydrogen) atoms. The summed E-state index contributed by atoms with van der Waals surface area (Å²) in [5, 5.41) is 14.3. The number of rotatable bonds is 9. The number of carbonyl (C=O) groups is 1. The largest absolute Gasteiger partial charge is 0.493 e. The number of anilines is 2. The highest BCUT2D eigenvalue weighted by Gasteiger charge is 2.27. The fourth-order valence-corrected chi connectivity index (χ4v) is 5.57. The van der Waals surface area contributed by atoms with E-state index in [0.29, 0.717) is 34.9 Å². The zero-order valence-electron chi connectivity index (χ0n) is 24.3. The van der Waals surface area contributed by atoms with Gasteiger partial charge in [0.25, 0.3) is 0 Å². The molecule has 0 aliphatic carbocycles. The summed E-state index contributed by atoms with van der Waals surface area (Å²) >= 11 is 0. The molecule has 3 heterocycles. The Hall–Kier alpha value is -5.78. The van der Waals surface area contributed by atoms with Crippen LogP contribution in [0.1, 0.15) is 44.2 Å². The number of carbonyl (C=O) groups excluding carboxylic acids is 1. The number of ketones is 1. The van der Waals surface area contributed by atoms with Gasteiger partial charge in [0.2, 0.25) is 11.8 Å². The predicted molar refractivity (Wildman–Crippen MR) is 165 cm³/mol. The molecule has 3 aromatic carbocycles. The minimum absolute atomic E-state index is 0.0976. The van der Waals surface area contributed by atoms with E-state index in [9.17, 15) is 4.79 Å². The van der Waals surface area contributed by atoms with Gasteiger partial charge in [0.1, 0.15) is 5.82 Å². The van der Waals surface area contributed by atoms with E-state index in [1.807, 2.05) is 30.5 Å². The standard InChI is InChI=1S/C32H31N9O3/c1-43-27-17-19(15-23-18-35-32(34)36-30(23)33)16-25(29(27)44-2)26(42)12-14-41-13-11-20-5-3-4-6-24(20)28(41)21-7-9-22(10-8-21)31-37-39-40-38-31/h3-10,12,14,16-18,28H,11,13,15H2,1-2H3,(H4,33,34,35,36)(H,37,38,39,40)/b14-12+. The van der Waals surface area contributed by atoms with E-state index in [-0.39, 0.29) is 23.6 Å². The highest BCUT2D eigenvalue weighted by atomic mass is 16.5. The van der Waals surface area contributed by atoms with Crippen LogP contribution in [0.2, 0.25) is 0 Å². The predicted octanol–water partition coefficient (Wildman–Crippen LogP) is 3.77. The lowest BCUT2D eigenvalue weighted by atomic mass is 9.88. The van der Waals surface area contributed by atoms with Gasteiger partial charge in [0.15, 0.2) is 17.3 Å². The third-order valence-electron chi connectivity index (χ3n) is 7.68. The molecule has 0 saturated heterocycles. The van der Waals surface area contributed by atoms with Crippen LogP contribution in [0.5, 0.6) is 11.5 Å². The van der Waals surface area contributed by atoms with Crippen LogP contribution < -0.4 is 20.9 Å². The van der Waals surface area contributed by atoms with Crippen molar-refractivity contribution in [1.29, 1.82) is 0 Å². The van der Waals surface area contributed by atoms with E-state index in [1.54, 1.807) is 18.3 Å². The molecule has 0 bridgehead atoms. The molecule has 1 unspecified atom stereocenters. The number of ether oxygens (including phenoxy) is 2. The average Bonchev–Trinajstić information content (AvgIpc) is 3.59. The molecule has 0 radical (unpaired) electrons. The summed E-state index contributed by atoms with van der Waals surface area (Å²) < 4.78 is 11.2. The van der Waals surface area contributed by atoms with Crippen LogP contribution in [0.4, 0.5) is 11.8 Å². The van der Waals surface area contributed by atoms with E-state index < -0.39 is 0 Å². The number of nitrogens with zero attached hydrogens (tertiary/aromatic N) is 6. The molecule has 2 aromatic heterocycles. The number of tetrazole rings is 1. The first-order chi connectivity index (χ1) is 21.4. The summed E-state index contributed by atoms with van der Waals surface area (Å²) in [7, 11) is 3.05. The van der Waals surface area contributed by atoms with Crippen LogP contribution in [0.25, 0.3) is 11.4 Å². The zero-order chi connectivity index (χ0) is 30.6. The highest BCUT2D eigenvalue weighted by molar-refractivity contribution is 6.07. The van der Waals surface area contributed by atoms with Gasteiger partial charge in [-0.25, -0.2) is 4.98 Å². The minimum atomic E-state index is -0.228. The Balaban J connectivity index is 1.32.